The molecular weight excluding hydrogens is 260 g/mol. The van der Waals surface area contributed by atoms with Crippen molar-refractivity contribution in [1.82, 2.24) is 10.2 Å². The first-order chi connectivity index (χ1) is 9.84. The minimum atomic E-state index is -0.464. The molecule has 0 aromatic heterocycles. The largest absolute Gasteiger partial charge is 0.389 e. The Hall–Kier alpha value is -0.120. The smallest absolute Gasteiger partial charge is 0.0772 e. The second-order valence-electron chi connectivity index (χ2n) is 8.33. The van der Waals surface area contributed by atoms with E-state index in [1.54, 1.807) is 0 Å². The maximum absolute atomic E-state index is 10.8. The van der Waals surface area contributed by atoms with Gasteiger partial charge in [-0.1, -0.05) is 20.8 Å². The van der Waals surface area contributed by atoms with Gasteiger partial charge in [0.2, 0.25) is 0 Å². The van der Waals surface area contributed by atoms with Gasteiger partial charge in [0.1, 0.15) is 0 Å². The molecule has 1 aliphatic carbocycles. The minimum Gasteiger partial charge on any atom is -0.389 e. The van der Waals surface area contributed by atoms with Crippen LogP contribution in [-0.4, -0.2) is 47.8 Å². The minimum absolute atomic E-state index is 0.421. The zero-order valence-corrected chi connectivity index (χ0v) is 14.6. The molecule has 1 heterocycles. The third-order valence-corrected chi connectivity index (χ3v) is 6.07. The summed E-state index contributed by atoms with van der Waals surface area (Å²) in [5.41, 5.74) is -0.0429. The molecule has 2 rings (SSSR count). The molecule has 3 nitrogen and oxygen atoms in total. The average molecular weight is 296 g/mol. The fourth-order valence-electron chi connectivity index (χ4n) is 3.86. The second kappa shape index (κ2) is 6.97. The lowest BCUT2D eigenvalue weighted by Crippen LogP contribution is -2.50. The number of likely N-dealkylation sites (tertiary alicyclic amines) is 1. The van der Waals surface area contributed by atoms with E-state index < -0.39 is 5.60 Å². The topological polar surface area (TPSA) is 35.5 Å². The van der Waals surface area contributed by atoms with E-state index in [4.69, 9.17) is 0 Å². The number of hydrogen-bond donors (Lipinski definition) is 2. The van der Waals surface area contributed by atoms with Crippen LogP contribution >= 0.6 is 0 Å². The molecule has 2 aliphatic rings. The van der Waals surface area contributed by atoms with Gasteiger partial charge >= 0.3 is 0 Å². The molecule has 1 aliphatic heterocycles. The second-order valence-corrected chi connectivity index (χ2v) is 8.33. The summed E-state index contributed by atoms with van der Waals surface area (Å²) in [6.45, 7) is 13.7. The van der Waals surface area contributed by atoms with Crippen LogP contribution in [0.25, 0.3) is 0 Å². The summed E-state index contributed by atoms with van der Waals surface area (Å²) in [4.78, 5) is 2.54. The van der Waals surface area contributed by atoms with Gasteiger partial charge in [-0.2, -0.15) is 0 Å². The van der Waals surface area contributed by atoms with Crippen LogP contribution in [0.15, 0.2) is 0 Å². The summed E-state index contributed by atoms with van der Waals surface area (Å²) in [7, 11) is 0. The van der Waals surface area contributed by atoms with Crippen LogP contribution in [0, 0.1) is 11.3 Å². The highest BCUT2D eigenvalue weighted by Gasteiger charge is 2.37. The summed E-state index contributed by atoms with van der Waals surface area (Å²) in [6, 6.07) is 0.531. The summed E-state index contributed by atoms with van der Waals surface area (Å²) in [6.07, 6.45) is 6.80. The molecule has 1 saturated carbocycles. The molecular formula is C18H36N2O. The van der Waals surface area contributed by atoms with Crippen molar-refractivity contribution in [3.05, 3.63) is 0 Å². The fraction of sp³-hybridized carbons (Fsp3) is 1.00. The van der Waals surface area contributed by atoms with E-state index in [0.29, 0.717) is 11.5 Å². The van der Waals surface area contributed by atoms with Gasteiger partial charge in [0.05, 0.1) is 5.60 Å². The highest BCUT2D eigenvalue weighted by atomic mass is 16.3. The summed E-state index contributed by atoms with van der Waals surface area (Å²) < 4.78 is 0. The van der Waals surface area contributed by atoms with Gasteiger partial charge in [0.15, 0.2) is 0 Å². The van der Waals surface area contributed by atoms with E-state index in [-0.39, 0.29) is 0 Å². The Morgan fingerprint density at radius 2 is 1.71 bits per heavy atom. The predicted molar refractivity (Wildman–Crippen MR) is 89.5 cm³/mol. The van der Waals surface area contributed by atoms with Gasteiger partial charge in [0.25, 0.3) is 0 Å². The average Bonchev–Trinajstić information content (AvgIpc) is 2.49. The summed E-state index contributed by atoms with van der Waals surface area (Å²) in [5.74, 6) is 0.774. The maximum atomic E-state index is 10.8. The fourth-order valence-corrected chi connectivity index (χ4v) is 3.86. The van der Waals surface area contributed by atoms with Crippen LogP contribution in [-0.2, 0) is 0 Å². The third kappa shape index (κ3) is 4.94. The number of rotatable bonds is 5. The Bertz CT molecular complexity index is 311. The van der Waals surface area contributed by atoms with Crippen molar-refractivity contribution in [1.29, 1.82) is 0 Å². The normalized spacial score (nSPS) is 28.4. The first-order valence-electron chi connectivity index (χ1n) is 9.02. The SMILES string of the molecule is CCN1CCC(C(C)NCC2(O)CCC(C)(C)CC2)CC1. The van der Waals surface area contributed by atoms with E-state index in [2.05, 4.69) is 37.9 Å². The zero-order chi connectivity index (χ0) is 15.5. The number of nitrogens with one attached hydrogen (secondary N) is 1. The lowest BCUT2D eigenvalue weighted by Gasteiger charge is -2.42. The standard InChI is InChI=1S/C18H36N2O/c1-5-20-12-6-16(7-13-20)15(2)19-14-18(21)10-8-17(3,4)9-11-18/h15-16,19,21H,5-14H2,1-4H3. The lowest BCUT2D eigenvalue weighted by atomic mass is 9.71. The van der Waals surface area contributed by atoms with Crippen molar-refractivity contribution >= 4 is 0 Å². The van der Waals surface area contributed by atoms with Crippen LogP contribution < -0.4 is 5.32 Å². The first kappa shape index (κ1) is 17.2. The molecule has 0 bridgehead atoms. The molecule has 0 amide bonds. The highest BCUT2D eigenvalue weighted by molar-refractivity contribution is 4.92. The number of aliphatic hydroxyl groups is 1. The first-order valence-corrected chi connectivity index (χ1v) is 9.02. The molecule has 3 heteroatoms. The van der Waals surface area contributed by atoms with Gasteiger partial charge in [0, 0.05) is 12.6 Å². The third-order valence-electron chi connectivity index (χ3n) is 6.07. The van der Waals surface area contributed by atoms with E-state index in [1.165, 1.54) is 32.5 Å². The lowest BCUT2D eigenvalue weighted by molar-refractivity contribution is -0.0275. The van der Waals surface area contributed by atoms with Gasteiger partial charge in [-0.05, 0) is 76.4 Å². The van der Waals surface area contributed by atoms with E-state index >= 15 is 0 Å². The molecule has 1 saturated heterocycles. The Morgan fingerprint density at radius 3 is 2.24 bits per heavy atom. The summed E-state index contributed by atoms with van der Waals surface area (Å²) >= 11 is 0. The van der Waals surface area contributed by atoms with Gasteiger partial charge in [-0.15, -0.1) is 0 Å². The number of nitrogens with zero attached hydrogens (tertiary/aromatic N) is 1. The van der Waals surface area contributed by atoms with Crippen molar-refractivity contribution in [2.45, 2.75) is 77.9 Å². The van der Waals surface area contributed by atoms with Gasteiger partial charge in [-0.25, -0.2) is 0 Å². The molecule has 0 aromatic rings. The monoisotopic (exact) mass is 296 g/mol. The van der Waals surface area contributed by atoms with Gasteiger partial charge < -0.3 is 15.3 Å². The molecule has 0 radical (unpaired) electrons. The Morgan fingerprint density at radius 1 is 1.14 bits per heavy atom. The molecule has 2 fully saturated rings. The Kier molecular flexibility index (Phi) is 5.72. The van der Waals surface area contributed by atoms with Crippen molar-refractivity contribution < 1.29 is 5.11 Å². The predicted octanol–water partition coefficient (Wildman–Crippen LogP) is 3.03. The van der Waals surface area contributed by atoms with E-state index in [1.807, 2.05) is 0 Å². The Balaban J connectivity index is 1.73. The van der Waals surface area contributed by atoms with E-state index in [0.717, 1.165) is 38.1 Å². The maximum Gasteiger partial charge on any atom is 0.0772 e. The molecule has 1 atom stereocenters. The van der Waals surface area contributed by atoms with Crippen molar-refractivity contribution in [3.63, 3.8) is 0 Å². The van der Waals surface area contributed by atoms with Crippen molar-refractivity contribution in [2.75, 3.05) is 26.2 Å². The van der Waals surface area contributed by atoms with Crippen LogP contribution in [0.3, 0.4) is 0 Å². The molecule has 1 unspecified atom stereocenters. The van der Waals surface area contributed by atoms with Crippen LogP contribution in [0.2, 0.25) is 0 Å². The van der Waals surface area contributed by atoms with Crippen LogP contribution in [0.5, 0.6) is 0 Å². The van der Waals surface area contributed by atoms with Crippen molar-refractivity contribution in [2.24, 2.45) is 11.3 Å². The highest BCUT2D eigenvalue weighted by Crippen LogP contribution is 2.40. The Labute approximate surface area is 131 Å². The van der Waals surface area contributed by atoms with E-state index in [9.17, 15) is 5.11 Å². The van der Waals surface area contributed by atoms with Crippen LogP contribution in [0.4, 0.5) is 0 Å². The summed E-state index contributed by atoms with van der Waals surface area (Å²) in [5, 5.41) is 14.4. The molecule has 2 N–H and O–H groups in total. The number of hydrogen-bond acceptors (Lipinski definition) is 3. The van der Waals surface area contributed by atoms with Crippen molar-refractivity contribution in [3.8, 4) is 0 Å². The zero-order valence-electron chi connectivity index (χ0n) is 14.6. The quantitative estimate of drug-likeness (QED) is 0.818. The molecule has 124 valence electrons. The molecule has 0 spiro atoms. The van der Waals surface area contributed by atoms with Gasteiger partial charge in [-0.3, -0.25) is 0 Å². The molecule has 0 aromatic carbocycles. The number of piperidine rings is 1. The van der Waals surface area contributed by atoms with Crippen LogP contribution in [0.1, 0.15) is 66.2 Å². The molecule has 21 heavy (non-hydrogen) atoms.